The van der Waals surface area contributed by atoms with Crippen molar-refractivity contribution in [1.29, 1.82) is 0 Å². The average Bonchev–Trinajstić information content (AvgIpc) is 3.08. The van der Waals surface area contributed by atoms with Crippen molar-refractivity contribution in [2.24, 2.45) is 0 Å². The fraction of sp³-hybridized carbons (Fsp3) is 0.615. The van der Waals surface area contributed by atoms with Gasteiger partial charge in [-0.15, -0.1) is 16.4 Å². The van der Waals surface area contributed by atoms with Crippen LogP contribution in [0.3, 0.4) is 0 Å². The summed E-state index contributed by atoms with van der Waals surface area (Å²) in [7, 11) is 1.75. The van der Waals surface area contributed by atoms with Crippen LogP contribution in [0.4, 0.5) is 0 Å². The minimum atomic E-state index is 0.332. The lowest BCUT2D eigenvalue weighted by Gasteiger charge is -2.31. The number of thiazole rings is 1. The normalized spacial score (nSPS) is 19.2. The van der Waals surface area contributed by atoms with E-state index in [1.807, 2.05) is 16.3 Å². The molecule has 1 atom stereocenters. The van der Waals surface area contributed by atoms with Crippen molar-refractivity contribution in [3.05, 3.63) is 28.0 Å². The maximum absolute atomic E-state index is 5.38. The molecule has 0 aromatic carbocycles. The van der Waals surface area contributed by atoms with Crippen LogP contribution in [0.5, 0.6) is 0 Å². The summed E-state index contributed by atoms with van der Waals surface area (Å²) in [6, 6.07) is 0. The van der Waals surface area contributed by atoms with Crippen LogP contribution in [0.2, 0.25) is 0 Å². The summed E-state index contributed by atoms with van der Waals surface area (Å²) in [5.74, 6) is 0.332. The van der Waals surface area contributed by atoms with Gasteiger partial charge in [0.15, 0.2) is 0 Å². The van der Waals surface area contributed by atoms with Crippen LogP contribution in [0.15, 0.2) is 11.6 Å². The van der Waals surface area contributed by atoms with Crippen molar-refractivity contribution in [2.75, 3.05) is 20.3 Å². The predicted octanol–water partition coefficient (Wildman–Crippen LogP) is 1.50. The van der Waals surface area contributed by atoms with Gasteiger partial charge in [-0.05, 0) is 6.92 Å². The molecule has 7 heteroatoms. The predicted molar refractivity (Wildman–Crippen MR) is 76.5 cm³/mol. The van der Waals surface area contributed by atoms with Crippen LogP contribution >= 0.6 is 11.3 Å². The number of aromatic nitrogens is 4. The highest BCUT2D eigenvalue weighted by atomic mass is 32.1. The fourth-order valence-electron chi connectivity index (χ4n) is 2.80. The topological polar surface area (TPSA) is 56.1 Å². The van der Waals surface area contributed by atoms with Crippen LogP contribution in [0.1, 0.15) is 29.2 Å². The van der Waals surface area contributed by atoms with Gasteiger partial charge in [-0.25, -0.2) is 9.67 Å². The van der Waals surface area contributed by atoms with Crippen molar-refractivity contribution in [3.8, 4) is 0 Å². The zero-order valence-electron chi connectivity index (χ0n) is 11.8. The summed E-state index contributed by atoms with van der Waals surface area (Å²) in [6.45, 7) is 6.34. The molecule has 0 saturated heterocycles. The molecule has 1 aliphatic heterocycles. The van der Waals surface area contributed by atoms with Crippen LogP contribution in [-0.4, -0.2) is 45.1 Å². The third-order valence-corrected chi connectivity index (χ3v) is 4.36. The highest BCUT2D eigenvalue weighted by Gasteiger charge is 2.30. The smallest absolute Gasteiger partial charge is 0.107 e. The fourth-order valence-corrected chi connectivity index (χ4v) is 3.46. The molecule has 0 aliphatic carbocycles. The van der Waals surface area contributed by atoms with E-state index in [-0.39, 0.29) is 0 Å². The average molecular weight is 293 g/mol. The number of methoxy groups -OCH3 is 1. The highest BCUT2D eigenvalue weighted by molar-refractivity contribution is 7.09. The van der Waals surface area contributed by atoms with E-state index >= 15 is 0 Å². The molecule has 108 valence electrons. The number of rotatable bonds is 5. The molecule has 2 aromatic heterocycles. The van der Waals surface area contributed by atoms with E-state index in [2.05, 4.69) is 27.1 Å². The maximum Gasteiger partial charge on any atom is 0.107 e. The molecule has 0 amide bonds. The van der Waals surface area contributed by atoms with Gasteiger partial charge in [0.25, 0.3) is 0 Å². The molecule has 3 heterocycles. The van der Waals surface area contributed by atoms with Gasteiger partial charge in [-0.2, -0.15) is 0 Å². The summed E-state index contributed by atoms with van der Waals surface area (Å²) < 4.78 is 7.38. The highest BCUT2D eigenvalue weighted by Crippen LogP contribution is 2.28. The number of fused-ring (bicyclic) bond motifs is 1. The summed E-state index contributed by atoms with van der Waals surface area (Å²) in [6.07, 6.45) is 1.86. The third-order valence-electron chi connectivity index (χ3n) is 3.60. The molecule has 0 radical (unpaired) electrons. The number of aryl methyl sites for hydroxylation is 1. The number of nitrogens with zero attached hydrogens (tertiary/aromatic N) is 5. The van der Waals surface area contributed by atoms with Crippen molar-refractivity contribution in [1.82, 2.24) is 24.9 Å². The molecule has 3 rings (SSSR count). The first kappa shape index (κ1) is 13.7. The molecular weight excluding hydrogens is 274 g/mol. The standard InChI is InChI=1S/C13H19N5OS/c1-3-18-13-10(9-19-2)6-17(7-11(13)15-16-18)8-12-14-4-5-20-12/h4-5,10H,3,6-9H2,1-2H3/t10-/m1/s1. The largest absolute Gasteiger partial charge is 0.384 e. The molecule has 0 spiro atoms. The van der Waals surface area contributed by atoms with E-state index in [1.54, 1.807) is 18.4 Å². The molecule has 0 fully saturated rings. The molecule has 0 N–H and O–H groups in total. The summed E-state index contributed by atoms with van der Waals surface area (Å²) >= 11 is 1.70. The van der Waals surface area contributed by atoms with Gasteiger partial charge in [0.05, 0.1) is 18.8 Å². The number of hydrogen-bond donors (Lipinski definition) is 0. The van der Waals surface area contributed by atoms with E-state index in [1.165, 1.54) is 5.69 Å². The lowest BCUT2D eigenvalue weighted by atomic mass is 9.99. The molecule has 2 aromatic rings. The van der Waals surface area contributed by atoms with Crippen molar-refractivity contribution in [3.63, 3.8) is 0 Å². The zero-order valence-corrected chi connectivity index (χ0v) is 12.6. The van der Waals surface area contributed by atoms with E-state index in [4.69, 9.17) is 4.74 Å². The third kappa shape index (κ3) is 2.61. The number of ether oxygens (including phenoxy) is 1. The Morgan fingerprint density at radius 2 is 2.40 bits per heavy atom. The van der Waals surface area contributed by atoms with Gasteiger partial charge in [-0.1, -0.05) is 5.21 Å². The molecular formula is C13H19N5OS. The van der Waals surface area contributed by atoms with Crippen LogP contribution in [0, 0.1) is 0 Å². The first-order valence-electron chi connectivity index (χ1n) is 6.83. The number of hydrogen-bond acceptors (Lipinski definition) is 6. The van der Waals surface area contributed by atoms with Gasteiger partial charge in [0.2, 0.25) is 0 Å². The Balaban J connectivity index is 1.81. The summed E-state index contributed by atoms with van der Waals surface area (Å²) in [5, 5.41) is 11.8. The second-order valence-corrected chi connectivity index (χ2v) is 5.96. The minimum absolute atomic E-state index is 0.332. The first-order valence-corrected chi connectivity index (χ1v) is 7.71. The molecule has 0 unspecified atom stereocenters. The minimum Gasteiger partial charge on any atom is -0.384 e. The Labute approximate surface area is 122 Å². The Morgan fingerprint density at radius 3 is 3.10 bits per heavy atom. The summed E-state index contributed by atoms with van der Waals surface area (Å²) in [5.41, 5.74) is 2.32. The van der Waals surface area contributed by atoms with E-state index in [0.29, 0.717) is 12.5 Å². The Morgan fingerprint density at radius 1 is 1.50 bits per heavy atom. The molecule has 6 nitrogen and oxygen atoms in total. The van der Waals surface area contributed by atoms with Crippen molar-refractivity contribution >= 4 is 11.3 Å². The SMILES string of the molecule is CCn1nnc2c1[C@@H](COC)CN(Cc1nccs1)C2. The molecule has 1 aliphatic rings. The lowest BCUT2D eigenvalue weighted by Crippen LogP contribution is -2.36. The summed E-state index contributed by atoms with van der Waals surface area (Å²) in [4.78, 5) is 6.74. The van der Waals surface area contributed by atoms with Crippen LogP contribution < -0.4 is 0 Å². The first-order chi connectivity index (χ1) is 9.81. The van der Waals surface area contributed by atoms with Gasteiger partial charge >= 0.3 is 0 Å². The Bertz CT molecular complexity index is 553. The quantitative estimate of drug-likeness (QED) is 0.836. The van der Waals surface area contributed by atoms with E-state index in [9.17, 15) is 0 Å². The van der Waals surface area contributed by atoms with Gasteiger partial charge in [0.1, 0.15) is 10.7 Å². The Hall–Kier alpha value is -1.31. The van der Waals surface area contributed by atoms with Gasteiger partial charge in [0, 0.05) is 44.2 Å². The maximum atomic E-state index is 5.38. The van der Waals surface area contributed by atoms with Crippen LogP contribution in [0.25, 0.3) is 0 Å². The monoisotopic (exact) mass is 293 g/mol. The van der Waals surface area contributed by atoms with Crippen LogP contribution in [-0.2, 0) is 24.4 Å². The Kier molecular flexibility index (Phi) is 4.09. The second-order valence-electron chi connectivity index (χ2n) is 4.98. The molecule has 0 bridgehead atoms. The molecule has 0 saturated carbocycles. The van der Waals surface area contributed by atoms with Gasteiger partial charge in [-0.3, -0.25) is 4.90 Å². The lowest BCUT2D eigenvalue weighted by molar-refractivity contribution is 0.131. The molecule has 20 heavy (non-hydrogen) atoms. The van der Waals surface area contributed by atoms with E-state index in [0.717, 1.165) is 36.9 Å². The zero-order chi connectivity index (χ0) is 13.9. The second kappa shape index (κ2) is 5.99. The van der Waals surface area contributed by atoms with Crippen molar-refractivity contribution in [2.45, 2.75) is 32.5 Å². The van der Waals surface area contributed by atoms with Crippen molar-refractivity contribution < 1.29 is 4.74 Å². The van der Waals surface area contributed by atoms with Gasteiger partial charge < -0.3 is 4.74 Å². The van der Waals surface area contributed by atoms with E-state index < -0.39 is 0 Å².